The van der Waals surface area contributed by atoms with Crippen LogP contribution in [0.1, 0.15) is 16.7 Å². The highest BCUT2D eigenvalue weighted by molar-refractivity contribution is 9.10. The molecule has 102 valence electrons. The van der Waals surface area contributed by atoms with Crippen LogP contribution in [-0.2, 0) is 22.1 Å². The van der Waals surface area contributed by atoms with Crippen LogP contribution >= 0.6 is 15.9 Å². The predicted molar refractivity (Wildman–Crippen MR) is 64.6 cm³/mol. The van der Waals surface area contributed by atoms with Crippen molar-refractivity contribution in [2.24, 2.45) is 0 Å². The van der Waals surface area contributed by atoms with Gasteiger partial charge in [-0.1, -0.05) is 22.0 Å². The monoisotopic (exact) mass is 335 g/mol. The first-order valence-electron chi connectivity index (χ1n) is 5.11. The van der Waals surface area contributed by atoms with E-state index in [2.05, 4.69) is 20.7 Å². The van der Waals surface area contributed by atoms with E-state index < -0.39 is 28.1 Å². The summed E-state index contributed by atoms with van der Waals surface area (Å²) in [4.78, 5) is 10.4. The van der Waals surface area contributed by atoms with Gasteiger partial charge in [0.1, 0.15) is 4.83 Å². The maximum atomic E-state index is 12.7. The first kappa shape index (κ1) is 15.5. The van der Waals surface area contributed by atoms with Gasteiger partial charge in [0, 0.05) is 0 Å². The standard InChI is InChI=1S/C12H9BrF3NO2/c1-19-11(18)10(13)5-7-2-3-8(6-17)9(4-7)12(14,15)16/h2-4,10H,5H2,1H3. The van der Waals surface area contributed by atoms with E-state index in [4.69, 9.17) is 5.26 Å². The number of hydrogen-bond acceptors (Lipinski definition) is 3. The largest absolute Gasteiger partial charge is 0.468 e. The van der Waals surface area contributed by atoms with Crippen LogP contribution in [0.4, 0.5) is 13.2 Å². The zero-order valence-corrected chi connectivity index (χ0v) is 11.4. The van der Waals surface area contributed by atoms with Gasteiger partial charge in [0.25, 0.3) is 0 Å². The number of ether oxygens (including phenoxy) is 1. The molecule has 0 saturated heterocycles. The van der Waals surface area contributed by atoms with Gasteiger partial charge in [0.2, 0.25) is 0 Å². The summed E-state index contributed by atoms with van der Waals surface area (Å²) in [6.07, 6.45) is -4.56. The van der Waals surface area contributed by atoms with Gasteiger partial charge in [0.15, 0.2) is 0 Å². The van der Waals surface area contributed by atoms with Crippen LogP contribution in [0.15, 0.2) is 18.2 Å². The van der Waals surface area contributed by atoms with Crippen LogP contribution in [0.25, 0.3) is 0 Å². The van der Waals surface area contributed by atoms with E-state index in [0.29, 0.717) is 5.56 Å². The maximum Gasteiger partial charge on any atom is 0.417 e. The summed E-state index contributed by atoms with van der Waals surface area (Å²) in [6.45, 7) is 0. The number of benzene rings is 1. The number of alkyl halides is 4. The van der Waals surface area contributed by atoms with E-state index >= 15 is 0 Å². The second-order valence-electron chi connectivity index (χ2n) is 3.68. The minimum atomic E-state index is -4.60. The number of halogens is 4. The first-order valence-corrected chi connectivity index (χ1v) is 6.03. The summed E-state index contributed by atoms with van der Waals surface area (Å²) in [7, 11) is 1.19. The van der Waals surface area contributed by atoms with Crippen molar-refractivity contribution in [1.29, 1.82) is 5.26 Å². The molecule has 1 atom stereocenters. The second kappa shape index (κ2) is 6.06. The van der Waals surface area contributed by atoms with Crippen molar-refractivity contribution in [1.82, 2.24) is 0 Å². The van der Waals surface area contributed by atoms with Crippen LogP contribution in [0.2, 0.25) is 0 Å². The Kier molecular flexibility index (Phi) is 4.95. The molecule has 1 aromatic rings. The summed E-state index contributed by atoms with van der Waals surface area (Å²) in [5, 5.41) is 8.65. The molecular weight excluding hydrogens is 327 g/mol. The van der Waals surface area contributed by atoms with Gasteiger partial charge < -0.3 is 4.74 Å². The Balaban J connectivity index is 3.07. The van der Waals surface area contributed by atoms with Crippen molar-refractivity contribution in [3.05, 3.63) is 34.9 Å². The number of esters is 1. The van der Waals surface area contributed by atoms with Gasteiger partial charge in [-0.05, 0) is 24.1 Å². The molecule has 0 heterocycles. The average Bonchev–Trinajstić information content (AvgIpc) is 2.36. The van der Waals surface area contributed by atoms with Crippen molar-refractivity contribution in [2.75, 3.05) is 7.11 Å². The van der Waals surface area contributed by atoms with Crippen LogP contribution in [0.5, 0.6) is 0 Å². The Morgan fingerprint density at radius 2 is 2.16 bits per heavy atom. The summed E-state index contributed by atoms with van der Waals surface area (Å²) in [6, 6.07) is 4.84. The molecule has 0 saturated carbocycles. The SMILES string of the molecule is COC(=O)C(Br)Cc1ccc(C#N)c(C(F)(F)F)c1. The molecule has 3 nitrogen and oxygen atoms in total. The third-order valence-electron chi connectivity index (χ3n) is 2.38. The molecule has 1 unspecified atom stereocenters. The lowest BCUT2D eigenvalue weighted by molar-refractivity contribution is -0.139. The average molecular weight is 336 g/mol. The normalized spacial score (nSPS) is 12.6. The molecule has 0 spiro atoms. The molecule has 19 heavy (non-hydrogen) atoms. The fourth-order valence-corrected chi connectivity index (χ4v) is 2.03. The highest BCUT2D eigenvalue weighted by atomic mass is 79.9. The van der Waals surface area contributed by atoms with Crippen molar-refractivity contribution >= 4 is 21.9 Å². The second-order valence-corrected chi connectivity index (χ2v) is 4.79. The number of carbonyl (C=O) groups excluding carboxylic acids is 1. The van der Waals surface area contributed by atoms with Crippen LogP contribution in [-0.4, -0.2) is 17.9 Å². The van der Waals surface area contributed by atoms with E-state index in [1.807, 2.05) is 0 Å². The molecule has 0 fully saturated rings. The molecule has 0 N–H and O–H groups in total. The van der Waals surface area contributed by atoms with Crippen molar-refractivity contribution < 1.29 is 22.7 Å². The smallest absolute Gasteiger partial charge is 0.417 e. The van der Waals surface area contributed by atoms with Crippen LogP contribution < -0.4 is 0 Å². The lowest BCUT2D eigenvalue weighted by atomic mass is 10.0. The van der Waals surface area contributed by atoms with E-state index in [0.717, 1.165) is 12.1 Å². The molecule has 7 heteroatoms. The molecule has 0 aliphatic rings. The highest BCUT2D eigenvalue weighted by Crippen LogP contribution is 2.32. The Bertz CT molecular complexity index is 523. The van der Waals surface area contributed by atoms with Crippen LogP contribution in [0.3, 0.4) is 0 Å². The molecule has 0 radical (unpaired) electrons. The Morgan fingerprint density at radius 3 is 2.63 bits per heavy atom. The zero-order valence-electron chi connectivity index (χ0n) is 9.79. The lowest BCUT2D eigenvalue weighted by Gasteiger charge is -2.12. The maximum absolute atomic E-state index is 12.7. The van der Waals surface area contributed by atoms with Crippen molar-refractivity contribution in [3.63, 3.8) is 0 Å². The van der Waals surface area contributed by atoms with Gasteiger partial charge in [-0.3, -0.25) is 4.79 Å². The summed E-state index contributed by atoms with van der Waals surface area (Å²) in [5.41, 5.74) is -1.16. The first-order chi connectivity index (χ1) is 8.79. The molecule has 1 aromatic carbocycles. The van der Waals surface area contributed by atoms with Gasteiger partial charge >= 0.3 is 12.1 Å². The Morgan fingerprint density at radius 1 is 1.53 bits per heavy atom. The Labute approximate surface area is 116 Å². The number of carbonyl (C=O) groups is 1. The Hall–Kier alpha value is -1.55. The van der Waals surface area contributed by atoms with Gasteiger partial charge in [-0.2, -0.15) is 18.4 Å². The molecule has 0 amide bonds. The molecule has 1 rings (SSSR count). The topological polar surface area (TPSA) is 50.1 Å². The molecular formula is C12H9BrF3NO2. The molecule has 0 aliphatic heterocycles. The number of rotatable bonds is 3. The van der Waals surface area contributed by atoms with Crippen molar-refractivity contribution in [3.8, 4) is 6.07 Å². The number of nitrogens with zero attached hydrogens (tertiary/aromatic N) is 1. The quantitative estimate of drug-likeness (QED) is 0.630. The van der Waals surface area contributed by atoms with Gasteiger partial charge in [-0.15, -0.1) is 0 Å². The minimum absolute atomic E-state index is 0.0431. The number of methoxy groups -OCH3 is 1. The van der Waals surface area contributed by atoms with E-state index in [1.54, 1.807) is 0 Å². The number of nitriles is 1. The molecule has 0 bridgehead atoms. The fraction of sp³-hybridized carbons (Fsp3) is 0.333. The van der Waals surface area contributed by atoms with Gasteiger partial charge in [-0.25, -0.2) is 0 Å². The van der Waals surface area contributed by atoms with Crippen molar-refractivity contribution in [2.45, 2.75) is 17.4 Å². The fourth-order valence-electron chi connectivity index (χ4n) is 1.47. The summed E-state index contributed by atoms with van der Waals surface area (Å²) in [5.74, 6) is -0.571. The summed E-state index contributed by atoms with van der Waals surface area (Å²) < 4.78 is 42.6. The predicted octanol–water partition coefficient (Wildman–Crippen LogP) is 3.06. The van der Waals surface area contributed by atoms with E-state index in [9.17, 15) is 18.0 Å². The van der Waals surface area contributed by atoms with Crippen LogP contribution in [0, 0.1) is 11.3 Å². The number of hydrogen-bond donors (Lipinski definition) is 0. The zero-order chi connectivity index (χ0) is 14.6. The van der Waals surface area contributed by atoms with E-state index in [1.165, 1.54) is 19.2 Å². The third kappa shape index (κ3) is 3.96. The van der Waals surface area contributed by atoms with Gasteiger partial charge in [0.05, 0.1) is 24.3 Å². The summed E-state index contributed by atoms with van der Waals surface area (Å²) >= 11 is 3.03. The molecule has 0 aliphatic carbocycles. The highest BCUT2D eigenvalue weighted by Gasteiger charge is 2.34. The van der Waals surface area contributed by atoms with E-state index in [-0.39, 0.29) is 6.42 Å². The lowest BCUT2D eigenvalue weighted by Crippen LogP contribution is -2.18. The molecule has 0 aromatic heterocycles. The third-order valence-corrected chi connectivity index (χ3v) is 3.08. The minimum Gasteiger partial charge on any atom is -0.468 e.